The van der Waals surface area contributed by atoms with E-state index in [1.807, 2.05) is 18.2 Å². The molecule has 3 aromatic rings. The van der Waals surface area contributed by atoms with Gasteiger partial charge in [0.1, 0.15) is 11.1 Å². The van der Waals surface area contributed by atoms with E-state index in [4.69, 9.17) is 4.42 Å². The second kappa shape index (κ2) is 8.40. The van der Waals surface area contributed by atoms with Crippen molar-refractivity contribution in [3.8, 4) is 0 Å². The number of nitrogens with zero attached hydrogens (tertiary/aromatic N) is 1. The van der Waals surface area contributed by atoms with Gasteiger partial charge in [0.25, 0.3) is 5.91 Å². The minimum Gasteiger partial charge on any atom is -0.422 e. The van der Waals surface area contributed by atoms with E-state index in [1.54, 1.807) is 18.2 Å². The van der Waals surface area contributed by atoms with Gasteiger partial charge in [-0.15, -0.1) is 0 Å². The SMILES string of the molecule is O=C(NCC1CCN(Cc2ccccc2)CC1)c1cc2ccccc2oc1=O. The molecule has 4 rings (SSSR count). The lowest BCUT2D eigenvalue weighted by atomic mass is 9.96. The van der Waals surface area contributed by atoms with Crippen molar-refractivity contribution in [3.05, 3.63) is 82.2 Å². The number of hydrogen-bond acceptors (Lipinski definition) is 4. The van der Waals surface area contributed by atoms with Gasteiger partial charge < -0.3 is 9.73 Å². The molecule has 0 atom stereocenters. The van der Waals surface area contributed by atoms with Gasteiger partial charge in [-0.2, -0.15) is 0 Å². The van der Waals surface area contributed by atoms with Crippen LogP contribution in [-0.2, 0) is 6.54 Å². The number of carbonyl (C=O) groups excluding carboxylic acids is 1. The summed E-state index contributed by atoms with van der Waals surface area (Å²) in [5, 5.41) is 3.67. The normalized spacial score (nSPS) is 15.6. The number of likely N-dealkylation sites (tertiary alicyclic amines) is 1. The van der Waals surface area contributed by atoms with Crippen molar-refractivity contribution in [1.29, 1.82) is 0 Å². The summed E-state index contributed by atoms with van der Waals surface area (Å²) in [6.45, 7) is 3.60. The van der Waals surface area contributed by atoms with E-state index in [-0.39, 0.29) is 11.5 Å². The average molecular weight is 376 g/mol. The van der Waals surface area contributed by atoms with E-state index in [9.17, 15) is 9.59 Å². The van der Waals surface area contributed by atoms with Gasteiger partial charge in [0.15, 0.2) is 0 Å². The molecule has 0 unspecified atom stereocenters. The average Bonchev–Trinajstić information content (AvgIpc) is 2.73. The van der Waals surface area contributed by atoms with Crippen LogP contribution in [-0.4, -0.2) is 30.4 Å². The summed E-state index contributed by atoms with van der Waals surface area (Å²) < 4.78 is 5.25. The number of para-hydroxylation sites is 1. The Balaban J connectivity index is 1.30. The van der Waals surface area contributed by atoms with Crippen LogP contribution in [0.4, 0.5) is 0 Å². The Morgan fingerprint density at radius 2 is 1.75 bits per heavy atom. The molecule has 0 aliphatic carbocycles. The molecule has 144 valence electrons. The van der Waals surface area contributed by atoms with Gasteiger partial charge in [-0.25, -0.2) is 4.79 Å². The largest absolute Gasteiger partial charge is 0.422 e. The second-order valence-corrected chi connectivity index (χ2v) is 7.40. The van der Waals surface area contributed by atoms with Crippen molar-refractivity contribution >= 4 is 16.9 Å². The molecule has 1 amide bonds. The van der Waals surface area contributed by atoms with Crippen molar-refractivity contribution < 1.29 is 9.21 Å². The zero-order chi connectivity index (χ0) is 19.3. The lowest BCUT2D eigenvalue weighted by molar-refractivity contribution is 0.0931. The molecule has 5 heteroatoms. The molecule has 1 aliphatic heterocycles. The molecule has 1 aliphatic rings. The molecule has 0 bridgehead atoms. The van der Waals surface area contributed by atoms with E-state index < -0.39 is 5.63 Å². The van der Waals surface area contributed by atoms with Crippen LogP contribution >= 0.6 is 0 Å². The zero-order valence-electron chi connectivity index (χ0n) is 15.8. The molecule has 5 nitrogen and oxygen atoms in total. The topological polar surface area (TPSA) is 62.6 Å². The zero-order valence-corrected chi connectivity index (χ0v) is 15.8. The molecule has 2 aromatic carbocycles. The highest BCUT2D eigenvalue weighted by Crippen LogP contribution is 2.19. The first-order chi connectivity index (χ1) is 13.7. The van der Waals surface area contributed by atoms with E-state index in [2.05, 4.69) is 34.5 Å². The monoisotopic (exact) mass is 376 g/mol. The molecule has 28 heavy (non-hydrogen) atoms. The minimum atomic E-state index is -0.589. The van der Waals surface area contributed by atoms with Crippen LogP contribution in [0.25, 0.3) is 11.0 Å². The summed E-state index contributed by atoms with van der Waals surface area (Å²) in [6, 6.07) is 19.3. The summed E-state index contributed by atoms with van der Waals surface area (Å²) in [5.74, 6) is 0.0784. The van der Waals surface area contributed by atoms with Crippen LogP contribution in [0.15, 0.2) is 69.9 Å². The van der Waals surface area contributed by atoms with Gasteiger partial charge >= 0.3 is 5.63 Å². The molecule has 0 spiro atoms. The van der Waals surface area contributed by atoms with E-state index in [1.165, 1.54) is 5.56 Å². The van der Waals surface area contributed by atoms with Crippen molar-refractivity contribution in [3.63, 3.8) is 0 Å². The number of carbonyl (C=O) groups is 1. The molecule has 1 fully saturated rings. The number of piperidine rings is 1. The second-order valence-electron chi connectivity index (χ2n) is 7.40. The summed E-state index contributed by atoms with van der Waals surface area (Å²) in [7, 11) is 0. The maximum atomic E-state index is 12.5. The number of rotatable bonds is 5. The third-order valence-corrected chi connectivity index (χ3v) is 5.39. The fourth-order valence-electron chi connectivity index (χ4n) is 3.74. The van der Waals surface area contributed by atoms with Gasteiger partial charge in [0.05, 0.1) is 0 Å². The van der Waals surface area contributed by atoms with E-state index in [0.29, 0.717) is 18.0 Å². The lowest BCUT2D eigenvalue weighted by Crippen LogP contribution is -2.39. The highest BCUT2D eigenvalue weighted by Gasteiger charge is 2.21. The van der Waals surface area contributed by atoms with E-state index in [0.717, 1.165) is 37.9 Å². The van der Waals surface area contributed by atoms with Crippen LogP contribution in [0.2, 0.25) is 0 Å². The Labute approximate surface area is 164 Å². The summed E-state index contributed by atoms with van der Waals surface area (Å²) in [6.07, 6.45) is 2.08. The minimum absolute atomic E-state index is 0.0696. The number of benzene rings is 2. The van der Waals surface area contributed by atoms with Crippen LogP contribution in [0.1, 0.15) is 28.8 Å². The quantitative estimate of drug-likeness (QED) is 0.693. The first-order valence-electron chi connectivity index (χ1n) is 9.76. The van der Waals surface area contributed by atoms with Gasteiger partial charge in [-0.3, -0.25) is 9.69 Å². The summed E-state index contributed by atoms with van der Waals surface area (Å²) in [4.78, 5) is 27.0. The molecule has 0 saturated carbocycles. The molecular weight excluding hydrogens is 352 g/mol. The van der Waals surface area contributed by atoms with Crippen molar-refractivity contribution in [2.75, 3.05) is 19.6 Å². The highest BCUT2D eigenvalue weighted by atomic mass is 16.4. The van der Waals surface area contributed by atoms with E-state index >= 15 is 0 Å². The predicted molar refractivity (Wildman–Crippen MR) is 109 cm³/mol. The van der Waals surface area contributed by atoms with Crippen LogP contribution in [0, 0.1) is 5.92 Å². The van der Waals surface area contributed by atoms with Crippen molar-refractivity contribution in [1.82, 2.24) is 10.2 Å². The molecular formula is C23H24N2O3. The van der Waals surface area contributed by atoms with Crippen molar-refractivity contribution in [2.45, 2.75) is 19.4 Å². The van der Waals surface area contributed by atoms with Crippen molar-refractivity contribution in [2.24, 2.45) is 5.92 Å². The first-order valence-corrected chi connectivity index (χ1v) is 9.76. The first kappa shape index (κ1) is 18.4. The van der Waals surface area contributed by atoms with Gasteiger partial charge in [0, 0.05) is 18.5 Å². The third kappa shape index (κ3) is 4.31. The molecule has 0 radical (unpaired) electrons. The number of fused-ring (bicyclic) bond motifs is 1. The summed E-state index contributed by atoms with van der Waals surface area (Å²) >= 11 is 0. The molecule has 1 aromatic heterocycles. The molecule has 1 saturated heterocycles. The van der Waals surface area contributed by atoms with Gasteiger partial charge in [-0.05, 0) is 49.5 Å². The summed E-state index contributed by atoms with van der Waals surface area (Å²) in [5.41, 5.74) is 1.31. The van der Waals surface area contributed by atoms with Crippen LogP contribution in [0.3, 0.4) is 0 Å². The highest BCUT2D eigenvalue weighted by molar-refractivity contribution is 5.96. The molecule has 2 heterocycles. The fraction of sp³-hybridized carbons (Fsp3) is 0.304. The third-order valence-electron chi connectivity index (χ3n) is 5.39. The number of hydrogen-bond donors (Lipinski definition) is 1. The Morgan fingerprint density at radius 1 is 1.04 bits per heavy atom. The maximum Gasteiger partial charge on any atom is 0.349 e. The lowest BCUT2D eigenvalue weighted by Gasteiger charge is -2.32. The Kier molecular flexibility index (Phi) is 5.53. The predicted octanol–water partition coefficient (Wildman–Crippen LogP) is 3.44. The fourth-order valence-corrected chi connectivity index (χ4v) is 3.74. The Bertz CT molecular complexity index is 1010. The number of nitrogens with one attached hydrogen (secondary N) is 1. The van der Waals surface area contributed by atoms with Crippen LogP contribution < -0.4 is 10.9 Å². The Morgan fingerprint density at radius 3 is 2.54 bits per heavy atom. The van der Waals surface area contributed by atoms with Gasteiger partial charge in [-0.1, -0.05) is 48.5 Å². The van der Waals surface area contributed by atoms with Crippen LogP contribution in [0.5, 0.6) is 0 Å². The maximum absolute atomic E-state index is 12.5. The molecule has 1 N–H and O–H groups in total. The Hall–Kier alpha value is -2.92. The smallest absolute Gasteiger partial charge is 0.349 e. The van der Waals surface area contributed by atoms with Gasteiger partial charge in [0.2, 0.25) is 0 Å². The number of amides is 1. The standard InChI is InChI=1S/C23H24N2O3/c26-22(20-14-19-8-4-5-9-21(19)28-23(20)27)24-15-17-10-12-25(13-11-17)16-18-6-2-1-3-7-18/h1-9,14,17H,10-13,15-16H2,(H,24,26).